The molecule has 1 atom stereocenters. The van der Waals surface area contributed by atoms with Crippen LogP contribution in [0.15, 0.2) is 33.5 Å². The van der Waals surface area contributed by atoms with E-state index in [-0.39, 0.29) is 0 Å². The van der Waals surface area contributed by atoms with Crippen molar-refractivity contribution in [2.75, 3.05) is 0 Å². The van der Waals surface area contributed by atoms with E-state index in [1.54, 1.807) is 0 Å². The van der Waals surface area contributed by atoms with Gasteiger partial charge in [-0.25, -0.2) is 4.21 Å². The van der Waals surface area contributed by atoms with Gasteiger partial charge in [-0.3, -0.25) is 0 Å². The largest absolute Gasteiger partial charge is 0.248 e. The monoisotopic (exact) mass is 262 g/mol. The molecule has 1 aromatic rings. The molecular weight excluding hydrogens is 260 g/mol. The van der Waals surface area contributed by atoms with Crippen molar-refractivity contribution < 1.29 is 4.21 Å². The van der Waals surface area contributed by atoms with Gasteiger partial charge in [0.2, 0.25) is 0 Å². The fraction of sp³-hybridized carbons (Fsp3) is 0. The summed E-state index contributed by atoms with van der Waals surface area (Å²) in [5.74, 6) is 0. The molecule has 0 spiro atoms. The summed E-state index contributed by atoms with van der Waals surface area (Å²) in [4.78, 5) is 0.786. The van der Waals surface area contributed by atoms with Crippen molar-refractivity contribution in [2.45, 2.75) is 4.90 Å². The second-order valence-corrected chi connectivity index (χ2v) is 5.13. The van der Waals surface area contributed by atoms with Crippen molar-refractivity contribution in [3.8, 4) is 0 Å². The van der Waals surface area contributed by atoms with Crippen molar-refractivity contribution in [3.63, 3.8) is 0 Å². The maximum atomic E-state index is 11.5. The molecule has 0 radical (unpaired) electrons. The molecule has 1 aliphatic heterocycles. The minimum absolute atomic E-state index is 0.385. The summed E-state index contributed by atoms with van der Waals surface area (Å²) in [6.45, 7) is 0. The quantitative estimate of drug-likeness (QED) is 0.703. The average molecular weight is 264 g/mol. The summed E-state index contributed by atoms with van der Waals surface area (Å²) in [5.41, 5.74) is 0.931. The highest BCUT2D eigenvalue weighted by molar-refractivity contribution is 9.15. The Balaban J connectivity index is 2.73. The number of hydrogen-bond acceptors (Lipinski definition) is 1. The zero-order valence-corrected chi connectivity index (χ0v) is 9.04. The van der Waals surface area contributed by atoms with Gasteiger partial charge in [0.25, 0.3) is 0 Å². The SMILES string of the molecule is O=S1C(Cl)=C(Br)c2ccccc21. The van der Waals surface area contributed by atoms with Gasteiger partial charge in [-0.15, -0.1) is 0 Å². The molecule has 1 unspecified atom stereocenters. The Bertz CT molecular complexity index is 400. The minimum atomic E-state index is -1.17. The fourth-order valence-corrected chi connectivity index (χ4v) is 3.40. The molecule has 1 aliphatic rings. The predicted octanol–water partition coefficient (Wildman–Crippen LogP) is 3.07. The van der Waals surface area contributed by atoms with Gasteiger partial charge in [0.05, 0.1) is 20.2 Å². The first-order valence-corrected chi connectivity index (χ1v) is 5.60. The lowest BCUT2D eigenvalue weighted by atomic mass is 10.2. The van der Waals surface area contributed by atoms with Gasteiger partial charge in [0.15, 0.2) is 0 Å². The van der Waals surface area contributed by atoms with E-state index in [0.717, 1.165) is 14.9 Å². The van der Waals surface area contributed by atoms with Crippen molar-refractivity contribution >= 4 is 42.8 Å². The molecule has 0 N–H and O–H groups in total. The van der Waals surface area contributed by atoms with Gasteiger partial charge in [0.1, 0.15) is 4.36 Å². The van der Waals surface area contributed by atoms with Crippen LogP contribution in [0.3, 0.4) is 0 Å². The van der Waals surface area contributed by atoms with Crippen LogP contribution >= 0.6 is 27.5 Å². The van der Waals surface area contributed by atoms with Crippen LogP contribution in [0, 0.1) is 0 Å². The molecule has 4 heteroatoms. The lowest BCUT2D eigenvalue weighted by molar-refractivity contribution is 0.688. The van der Waals surface area contributed by atoms with Crippen LogP contribution in [0.25, 0.3) is 4.48 Å². The third-order valence-corrected chi connectivity index (χ3v) is 4.87. The van der Waals surface area contributed by atoms with Gasteiger partial charge in [-0.1, -0.05) is 29.8 Å². The molecule has 62 valence electrons. The molecule has 0 saturated carbocycles. The average Bonchev–Trinajstić information content (AvgIpc) is 2.33. The Morgan fingerprint density at radius 3 is 2.67 bits per heavy atom. The molecule has 0 aliphatic carbocycles. The maximum absolute atomic E-state index is 11.5. The molecule has 0 saturated heterocycles. The molecule has 1 heterocycles. The van der Waals surface area contributed by atoms with Crippen molar-refractivity contribution in [3.05, 3.63) is 34.2 Å². The molecule has 12 heavy (non-hydrogen) atoms. The summed E-state index contributed by atoms with van der Waals surface area (Å²) >= 11 is 9.11. The Morgan fingerprint density at radius 2 is 2.00 bits per heavy atom. The number of hydrogen-bond donors (Lipinski definition) is 0. The Morgan fingerprint density at radius 1 is 1.33 bits per heavy atom. The normalized spacial score (nSPS) is 21.3. The fourth-order valence-electron chi connectivity index (χ4n) is 1.09. The topological polar surface area (TPSA) is 17.1 Å². The Labute approximate surface area is 86.0 Å². The number of fused-ring (bicyclic) bond motifs is 1. The molecule has 2 rings (SSSR count). The third kappa shape index (κ3) is 1.08. The van der Waals surface area contributed by atoms with E-state index >= 15 is 0 Å². The first kappa shape index (κ1) is 8.48. The Hall–Kier alpha value is -0.120. The first-order chi connectivity index (χ1) is 5.72. The standard InChI is InChI=1S/C8H4BrClOS/c9-7-5-3-1-2-4-6(5)12(11)8(7)10/h1-4H. The van der Waals surface area contributed by atoms with Gasteiger partial charge >= 0.3 is 0 Å². The summed E-state index contributed by atoms with van der Waals surface area (Å²) in [5, 5.41) is 0. The number of halogens is 2. The lowest BCUT2D eigenvalue weighted by Gasteiger charge is -1.94. The third-order valence-electron chi connectivity index (χ3n) is 1.66. The Kier molecular flexibility index (Phi) is 2.10. The second kappa shape index (κ2) is 2.98. The van der Waals surface area contributed by atoms with Crippen molar-refractivity contribution in [2.24, 2.45) is 0 Å². The predicted molar refractivity (Wildman–Crippen MR) is 54.6 cm³/mol. The smallest absolute Gasteiger partial charge is 0.124 e. The van der Waals surface area contributed by atoms with Gasteiger partial charge < -0.3 is 0 Å². The lowest BCUT2D eigenvalue weighted by Crippen LogP contribution is -1.84. The van der Waals surface area contributed by atoms with Gasteiger partial charge in [-0.05, 0) is 22.0 Å². The van der Waals surface area contributed by atoms with Gasteiger partial charge in [-0.2, -0.15) is 0 Å². The van der Waals surface area contributed by atoms with Crippen molar-refractivity contribution in [1.29, 1.82) is 0 Å². The second-order valence-electron chi connectivity index (χ2n) is 2.35. The van der Waals surface area contributed by atoms with E-state index in [2.05, 4.69) is 15.9 Å². The van der Waals surface area contributed by atoms with E-state index in [1.807, 2.05) is 24.3 Å². The molecular formula is C8H4BrClOS. The number of benzene rings is 1. The van der Waals surface area contributed by atoms with Crippen LogP contribution in [0.4, 0.5) is 0 Å². The molecule has 0 amide bonds. The van der Waals surface area contributed by atoms with E-state index in [4.69, 9.17) is 11.6 Å². The molecule has 0 bridgehead atoms. The minimum Gasteiger partial charge on any atom is -0.248 e. The highest BCUT2D eigenvalue weighted by Gasteiger charge is 2.24. The van der Waals surface area contributed by atoms with E-state index in [0.29, 0.717) is 4.36 Å². The van der Waals surface area contributed by atoms with E-state index < -0.39 is 10.8 Å². The summed E-state index contributed by atoms with van der Waals surface area (Å²) in [6, 6.07) is 7.47. The van der Waals surface area contributed by atoms with Crippen LogP contribution in [-0.2, 0) is 10.8 Å². The molecule has 1 aromatic carbocycles. The summed E-state index contributed by atoms with van der Waals surface area (Å²) in [6.07, 6.45) is 0. The molecule has 1 nitrogen and oxygen atoms in total. The zero-order chi connectivity index (χ0) is 8.72. The van der Waals surface area contributed by atoms with E-state index in [9.17, 15) is 4.21 Å². The van der Waals surface area contributed by atoms with Crippen LogP contribution in [0.5, 0.6) is 0 Å². The van der Waals surface area contributed by atoms with Gasteiger partial charge in [0, 0.05) is 5.56 Å². The molecule has 0 aromatic heterocycles. The zero-order valence-electron chi connectivity index (χ0n) is 5.88. The van der Waals surface area contributed by atoms with Crippen molar-refractivity contribution in [1.82, 2.24) is 0 Å². The summed E-state index contributed by atoms with van der Waals surface area (Å²) in [7, 11) is -1.17. The van der Waals surface area contributed by atoms with Crippen LogP contribution in [0.1, 0.15) is 5.56 Å². The highest BCUT2D eigenvalue weighted by atomic mass is 79.9. The highest BCUT2D eigenvalue weighted by Crippen LogP contribution is 2.41. The maximum Gasteiger partial charge on any atom is 0.124 e. The molecule has 0 fully saturated rings. The summed E-state index contributed by atoms with van der Waals surface area (Å²) < 4.78 is 12.6. The van der Waals surface area contributed by atoms with Crippen LogP contribution < -0.4 is 0 Å². The van der Waals surface area contributed by atoms with Crippen LogP contribution in [-0.4, -0.2) is 4.21 Å². The number of rotatable bonds is 0. The van der Waals surface area contributed by atoms with E-state index in [1.165, 1.54) is 0 Å². The van der Waals surface area contributed by atoms with Crippen LogP contribution in [0.2, 0.25) is 0 Å². The first-order valence-electron chi connectivity index (χ1n) is 3.28.